The van der Waals surface area contributed by atoms with Crippen molar-refractivity contribution in [1.29, 1.82) is 0 Å². The Bertz CT molecular complexity index is 365. The molecule has 1 aromatic rings. The summed E-state index contributed by atoms with van der Waals surface area (Å²) < 4.78 is 0. The van der Waals surface area contributed by atoms with Crippen molar-refractivity contribution in [2.24, 2.45) is 17.1 Å². The van der Waals surface area contributed by atoms with Gasteiger partial charge in [-0.1, -0.05) is 43.7 Å². The number of hydrogen-bond acceptors (Lipinski definition) is 2. The molecule has 0 amide bonds. The van der Waals surface area contributed by atoms with Gasteiger partial charge >= 0.3 is 0 Å². The van der Waals surface area contributed by atoms with Gasteiger partial charge in [0, 0.05) is 12.0 Å². The predicted molar refractivity (Wildman–Crippen MR) is 75.3 cm³/mol. The zero-order chi connectivity index (χ0) is 13.0. The summed E-state index contributed by atoms with van der Waals surface area (Å²) in [4.78, 5) is 0. The fourth-order valence-corrected chi connectivity index (χ4v) is 3.31. The van der Waals surface area contributed by atoms with Gasteiger partial charge in [0.1, 0.15) is 0 Å². The van der Waals surface area contributed by atoms with E-state index in [1.54, 1.807) is 0 Å². The van der Waals surface area contributed by atoms with Gasteiger partial charge < -0.3 is 10.8 Å². The zero-order valence-corrected chi connectivity index (χ0v) is 11.3. The number of aliphatic hydroxyl groups is 1. The lowest BCUT2D eigenvalue weighted by Crippen LogP contribution is -2.40. The third-order valence-corrected chi connectivity index (χ3v) is 4.55. The molecule has 0 spiro atoms. The third-order valence-electron chi connectivity index (χ3n) is 4.55. The molecule has 0 saturated heterocycles. The summed E-state index contributed by atoms with van der Waals surface area (Å²) in [5.74, 6) is 0.708. The molecule has 1 aromatic carbocycles. The van der Waals surface area contributed by atoms with Crippen molar-refractivity contribution in [3.05, 3.63) is 35.9 Å². The zero-order valence-electron chi connectivity index (χ0n) is 11.3. The predicted octanol–water partition coefficient (Wildman–Crippen LogP) is 2.75. The first-order valence-corrected chi connectivity index (χ1v) is 7.08. The molecule has 3 unspecified atom stereocenters. The first-order chi connectivity index (χ1) is 8.66. The molecule has 1 aliphatic carbocycles. The van der Waals surface area contributed by atoms with Crippen LogP contribution in [0.1, 0.15) is 38.2 Å². The fraction of sp³-hybridized carbons (Fsp3) is 0.625. The van der Waals surface area contributed by atoms with Crippen molar-refractivity contribution in [2.45, 2.75) is 45.1 Å². The molecule has 2 rings (SSSR count). The number of aryl methyl sites for hydroxylation is 1. The molecule has 100 valence electrons. The average molecular weight is 247 g/mol. The van der Waals surface area contributed by atoms with Gasteiger partial charge in [0.2, 0.25) is 0 Å². The number of hydrogen-bond donors (Lipinski definition) is 2. The van der Waals surface area contributed by atoms with E-state index in [0.717, 1.165) is 25.7 Å². The second-order valence-corrected chi connectivity index (χ2v) is 5.95. The smallest absolute Gasteiger partial charge is 0.0611 e. The summed E-state index contributed by atoms with van der Waals surface area (Å²) in [6, 6.07) is 10.4. The van der Waals surface area contributed by atoms with Crippen LogP contribution in [0.5, 0.6) is 0 Å². The second kappa shape index (κ2) is 5.85. The first kappa shape index (κ1) is 13.6. The molecule has 0 radical (unpaired) electrons. The topological polar surface area (TPSA) is 46.2 Å². The van der Waals surface area contributed by atoms with Gasteiger partial charge in [0.15, 0.2) is 0 Å². The Morgan fingerprint density at radius 3 is 2.67 bits per heavy atom. The maximum atomic E-state index is 10.5. The fourth-order valence-electron chi connectivity index (χ4n) is 3.31. The van der Waals surface area contributed by atoms with E-state index >= 15 is 0 Å². The maximum absolute atomic E-state index is 10.5. The minimum absolute atomic E-state index is 0.0196. The number of nitrogens with two attached hydrogens (primary N) is 1. The highest BCUT2D eigenvalue weighted by molar-refractivity contribution is 5.15. The van der Waals surface area contributed by atoms with Crippen LogP contribution >= 0.6 is 0 Å². The molecular formula is C16H25NO. The van der Waals surface area contributed by atoms with E-state index in [9.17, 15) is 5.11 Å². The van der Waals surface area contributed by atoms with Crippen LogP contribution in [0.25, 0.3) is 0 Å². The SMILES string of the molecule is CC1CCC(CN)(C(O)CCc2ccccc2)C1. The summed E-state index contributed by atoms with van der Waals surface area (Å²) in [6.45, 7) is 2.88. The summed E-state index contributed by atoms with van der Waals surface area (Å²) in [5.41, 5.74) is 7.22. The van der Waals surface area contributed by atoms with Crippen LogP contribution < -0.4 is 5.73 Å². The van der Waals surface area contributed by atoms with Gasteiger partial charge in [0.05, 0.1) is 6.10 Å². The molecule has 1 aliphatic rings. The monoisotopic (exact) mass is 247 g/mol. The molecule has 1 saturated carbocycles. The minimum Gasteiger partial charge on any atom is -0.392 e. The molecule has 0 aromatic heterocycles. The van der Waals surface area contributed by atoms with Crippen molar-refractivity contribution in [3.63, 3.8) is 0 Å². The number of aliphatic hydroxyl groups excluding tert-OH is 1. The normalized spacial score (nSPS) is 29.4. The van der Waals surface area contributed by atoms with Crippen LogP contribution in [0.15, 0.2) is 30.3 Å². The number of benzene rings is 1. The molecule has 0 bridgehead atoms. The van der Waals surface area contributed by atoms with Crippen molar-refractivity contribution in [2.75, 3.05) is 6.54 Å². The molecule has 18 heavy (non-hydrogen) atoms. The molecular weight excluding hydrogens is 222 g/mol. The van der Waals surface area contributed by atoms with Gasteiger partial charge in [-0.25, -0.2) is 0 Å². The summed E-state index contributed by atoms with van der Waals surface area (Å²) in [6.07, 6.45) is 4.89. The van der Waals surface area contributed by atoms with Crippen LogP contribution in [0.2, 0.25) is 0 Å². The van der Waals surface area contributed by atoms with E-state index in [0.29, 0.717) is 12.5 Å². The largest absolute Gasteiger partial charge is 0.392 e. The molecule has 0 aliphatic heterocycles. The van der Waals surface area contributed by atoms with Crippen molar-refractivity contribution < 1.29 is 5.11 Å². The van der Waals surface area contributed by atoms with Crippen LogP contribution in [0.3, 0.4) is 0 Å². The highest BCUT2D eigenvalue weighted by Crippen LogP contribution is 2.44. The van der Waals surface area contributed by atoms with Gasteiger partial charge in [-0.2, -0.15) is 0 Å². The Morgan fingerprint density at radius 2 is 2.11 bits per heavy atom. The summed E-state index contributed by atoms with van der Waals surface area (Å²) in [5, 5.41) is 10.5. The van der Waals surface area contributed by atoms with Crippen LogP contribution in [-0.2, 0) is 6.42 Å². The van der Waals surface area contributed by atoms with Gasteiger partial charge in [-0.15, -0.1) is 0 Å². The van der Waals surface area contributed by atoms with E-state index in [2.05, 4.69) is 31.2 Å². The standard InChI is InChI=1S/C16H25NO/c1-13-9-10-16(11-13,12-17)15(18)8-7-14-5-3-2-4-6-14/h2-6,13,15,18H,7-12,17H2,1H3. The Morgan fingerprint density at radius 1 is 1.39 bits per heavy atom. The van der Waals surface area contributed by atoms with Crippen LogP contribution in [-0.4, -0.2) is 17.8 Å². The molecule has 2 heteroatoms. The Labute approximate surface area is 110 Å². The van der Waals surface area contributed by atoms with E-state index in [4.69, 9.17) is 5.73 Å². The maximum Gasteiger partial charge on any atom is 0.0611 e. The lowest BCUT2D eigenvalue weighted by molar-refractivity contribution is 0.0259. The van der Waals surface area contributed by atoms with Crippen molar-refractivity contribution >= 4 is 0 Å². The van der Waals surface area contributed by atoms with Gasteiger partial charge in [-0.05, 0) is 37.2 Å². The highest BCUT2D eigenvalue weighted by atomic mass is 16.3. The molecule has 3 N–H and O–H groups in total. The lowest BCUT2D eigenvalue weighted by atomic mass is 9.77. The summed E-state index contributed by atoms with van der Waals surface area (Å²) in [7, 11) is 0. The lowest BCUT2D eigenvalue weighted by Gasteiger charge is -2.33. The van der Waals surface area contributed by atoms with E-state index in [1.165, 1.54) is 12.0 Å². The third kappa shape index (κ3) is 2.93. The van der Waals surface area contributed by atoms with E-state index in [-0.39, 0.29) is 11.5 Å². The highest BCUT2D eigenvalue weighted by Gasteiger charge is 2.41. The Kier molecular flexibility index (Phi) is 4.41. The van der Waals surface area contributed by atoms with E-state index in [1.807, 2.05) is 6.07 Å². The van der Waals surface area contributed by atoms with E-state index < -0.39 is 0 Å². The Hall–Kier alpha value is -0.860. The summed E-state index contributed by atoms with van der Waals surface area (Å²) >= 11 is 0. The molecule has 0 heterocycles. The van der Waals surface area contributed by atoms with Crippen LogP contribution in [0.4, 0.5) is 0 Å². The van der Waals surface area contributed by atoms with Gasteiger partial charge in [-0.3, -0.25) is 0 Å². The quantitative estimate of drug-likeness (QED) is 0.840. The number of rotatable bonds is 5. The van der Waals surface area contributed by atoms with Crippen LogP contribution in [0, 0.1) is 11.3 Å². The average Bonchev–Trinajstić information content (AvgIpc) is 2.80. The van der Waals surface area contributed by atoms with Crippen molar-refractivity contribution in [1.82, 2.24) is 0 Å². The second-order valence-electron chi connectivity index (χ2n) is 5.95. The van der Waals surface area contributed by atoms with Gasteiger partial charge in [0.25, 0.3) is 0 Å². The molecule has 1 fully saturated rings. The first-order valence-electron chi connectivity index (χ1n) is 7.08. The molecule has 3 atom stereocenters. The van der Waals surface area contributed by atoms with Crippen molar-refractivity contribution in [3.8, 4) is 0 Å². The minimum atomic E-state index is -0.257. The molecule has 2 nitrogen and oxygen atoms in total. The Balaban J connectivity index is 1.92.